The Morgan fingerprint density at radius 2 is 2.11 bits per heavy atom. The number of esters is 1. The Bertz CT molecular complexity index is 376. The Balaban J connectivity index is 2.53. The number of methoxy groups -OCH3 is 1. The second kappa shape index (κ2) is 7.71. The molecule has 1 atom stereocenters. The van der Waals surface area contributed by atoms with Gasteiger partial charge in [0.15, 0.2) is 6.10 Å². The third-order valence-corrected chi connectivity index (χ3v) is 2.51. The van der Waals surface area contributed by atoms with Crippen LogP contribution in [-0.4, -0.2) is 25.8 Å². The Morgan fingerprint density at radius 1 is 1.33 bits per heavy atom. The minimum Gasteiger partial charge on any atom is -0.497 e. The molecule has 1 unspecified atom stereocenters. The maximum atomic E-state index is 11.5. The summed E-state index contributed by atoms with van der Waals surface area (Å²) < 4.78 is 15.6. The van der Waals surface area contributed by atoms with Gasteiger partial charge < -0.3 is 14.2 Å². The van der Waals surface area contributed by atoms with E-state index >= 15 is 0 Å². The molecular weight excluding hydrogens is 232 g/mol. The highest BCUT2D eigenvalue weighted by Gasteiger charge is 2.18. The fourth-order valence-electron chi connectivity index (χ4n) is 1.55. The van der Waals surface area contributed by atoms with Crippen molar-refractivity contribution in [2.75, 3.05) is 13.7 Å². The number of carbonyl (C=O) groups excluding carboxylic acids is 1. The number of carbonyl (C=O) groups is 1. The summed E-state index contributed by atoms with van der Waals surface area (Å²) in [5, 5.41) is 0. The van der Waals surface area contributed by atoms with E-state index in [1.165, 1.54) is 0 Å². The van der Waals surface area contributed by atoms with Gasteiger partial charge >= 0.3 is 5.97 Å². The number of hydrogen-bond donors (Lipinski definition) is 0. The van der Waals surface area contributed by atoms with Crippen LogP contribution in [0.25, 0.3) is 0 Å². The topological polar surface area (TPSA) is 44.8 Å². The zero-order valence-corrected chi connectivity index (χ0v) is 11.1. The van der Waals surface area contributed by atoms with Crippen molar-refractivity contribution in [1.82, 2.24) is 0 Å². The molecule has 1 aromatic rings. The molecule has 0 bridgehead atoms. The van der Waals surface area contributed by atoms with Crippen LogP contribution in [0, 0.1) is 0 Å². The van der Waals surface area contributed by atoms with Crippen LogP contribution in [0.5, 0.6) is 5.75 Å². The van der Waals surface area contributed by atoms with Gasteiger partial charge in [-0.05, 0) is 31.0 Å². The van der Waals surface area contributed by atoms with Crippen LogP contribution < -0.4 is 4.74 Å². The molecule has 0 saturated heterocycles. The van der Waals surface area contributed by atoms with Gasteiger partial charge in [-0.1, -0.05) is 19.1 Å². The molecule has 4 heteroatoms. The number of benzene rings is 1. The number of rotatable bonds is 7. The largest absolute Gasteiger partial charge is 0.497 e. The van der Waals surface area contributed by atoms with E-state index in [-0.39, 0.29) is 5.97 Å². The van der Waals surface area contributed by atoms with Crippen molar-refractivity contribution < 1.29 is 19.0 Å². The molecular formula is C14H20O4. The number of hydrogen-bond acceptors (Lipinski definition) is 4. The summed E-state index contributed by atoms with van der Waals surface area (Å²) in [6.45, 7) is 4.42. The molecule has 0 amide bonds. The second-order valence-corrected chi connectivity index (χ2v) is 3.81. The van der Waals surface area contributed by atoms with Crippen molar-refractivity contribution in [2.45, 2.75) is 33.0 Å². The normalized spacial score (nSPS) is 11.9. The molecule has 0 spiro atoms. The van der Waals surface area contributed by atoms with E-state index in [1.807, 2.05) is 31.2 Å². The van der Waals surface area contributed by atoms with E-state index in [4.69, 9.17) is 14.2 Å². The first-order chi connectivity index (χ1) is 8.71. The lowest BCUT2D eigenvalue weighted by atomic mass is 10.2. The van der Waals surface area contributed by atoms with Crippen LogP contribution in [0.3, 0.4) is 0 Å². The summed E-state index contributed by atoms with van der Waals surface area (Å²) in [4.78, 5) is 11.5. The van der Waals surface area contributed by atoms with Crippen molar-refractivity contribution in [2.24, 2.45) is 0 Å². The van der Waals surface area contributed by atoms with Crippen molar-refractivity contribution in [3.63, 3.8) is 0 Å². The van der Waals surface area contributed by atoms with Crippen LogP contribution >= 0.6 is 0 Å². The van der Waals surface area contributed by atoms with E-state index in [2.05, 4.69) is 0 Å². The summed E-state index contributed by atoms with van der Waals surface area (Å²) >= 11 is 0. The molecule has 0 heterocycles. The van der Waals surface area contributed by atoms with E-state index < -0.39 is 6.10 Å². The van der Waals surface area contributed by atoms with Crippen LogP contribution in [0.15, 0.2) is 24.3 Å². The molecule has 18 heavy (non-hydrogen) atoms. The summed E-state index contributed by atoms with van der Waals surface area (Å²) in [6.07, 6.45) is 0.0964. The summed E-state index contributed by atoms with van der Waals surface area (Å²) in [6, 6.07) is 7.58. The van der Waals surface area contributed by atoms with E-state index in [9.17, 15) is 4.79 Å². The average molecular weight is 252 g/mol. The maximum Gasteiger partial charge on any atom is 0.335 e. The SMILES string of the molecule is CCOC(=O)C(CC)OCc1cccc(OC)c1. The van der Waals surface area contributed by atoms with Gasteiger partial charge in [-0.15, -0.1) is 0 Å². The third-order valence-electron chi connectivity index (χ3n) is 2.51. The van der Waals surface area contributed by atoms with E-state index in [0.29, 0.717) is 19.6 Å². The van der Waals surface area contributed by atoms with E-state index in [0.717, 1.165) is 11.3 Å². The molecule has 4 nitrogen and oxygen atoms in total. The molecule has 0 fully saturated rings. The van der Waals surface area contributed by atoms with Gasteiger partial charge in [0.05, 0.1) is 20.3 Å². The van der Waals surface area contributed by atoms with Gasteiger partial charge in [0.2, 0.25) is 0 Å². The Labute approximate surface area is 108 Å². The predicted molar refractivity (Wildman–Crippen MR) is 68.5 cm³/mol. The van der Waals surface area contributed by atoms with Crippen molar-refractivity contribution >= 4 is 5.97 Å². The van der Waals surface area contributed by atoms with Gasteiger partial charge in [0.1, 0.15) is 5.75 Å². The Morgan fingerprint density at radius 3 is 2.72 bits per heavy atom. The quantitative estimate of drug-likeness (QED) is 0.700. The van der Waals surface area contributed by atoms with E-state index in [1.54, 1.807) is 14.0 Å². The van der Waals surface area contributed by atoms with Gasteiger partial charge in [-0.25, -0.2) is 4.79 Å². The maximum absolute atomic E-state index is 11.5. The fourth-order valence-corrected chi connectivity index (χ4v) is 1.55. The highest BCUT2D eigenvalue weighted by Crippen LogP contribution is 2.14. The highest BCUT2D eigenvalue weighted by atomic mass is 16.6. The highest BCUT2D eigenvalue weighted by molar-refractivity contribution is 5.74. The first-order valence-corrected chi connectivity index (χ1v) is 6.12. The summed E-state index contributed by atoms with van der Waals surface area (Å²) in [7, 11) is 1.62. The molecule has 0 N–H and O–H groups in total. The fraction of sp³-hybridized carbons (Fsp3) is 0.500. The van der Waals surface area contributed by atoms with Crippen molar-refractivity contribution in [1.29, 1.82) is 0 Å². The van der Waals surface area contributed by atoms with Gasteiger partial charge in [0.25, 0.3) is 0 Å². The van der Waals surface area contributed by atoms with Gasteiger partial charge in [-0.3, -0.25) is 0 Å². The molecule has 1 rings (SSSR count). The Hall–Kier alpha value is -1.55. The molecule has 100 valence electrons. The number of ether oxygens (including phenoxy) is 3. The van der Waals surface area contributed by atoms with Crippen molar-refractivity contribution in [3.05, 3.63) is 29.8 Å². The van der Waals surface area contributed by atoms with Gasteiger partial charge in [0, 0.05) is 0 Å². The summed E-state index contributed by atoms with van der Waals surface area (Å²) in [5.74, 6) is 0.475. The first-order valence-electron chi connectivity index (χ1n) is 6.12. The molecule has 0 radical (unpaired) electrons. The minimum atomic E-state index is -0.504. The monoisotopic (exact) mass is 252 g/mol. The first kappa shape index (κ1) is 14.5. The van der Waals surface area contributed by atoms with Crippen LogP contribution in [0.1, 0.15) is 25.8 Å². The summed E-state index contributed by atoms with van der Waals surface area (Å²) in [5.41, 5.74) is 0.970. The van der Waals surface area contributed by atoms with Crippen LogP contribution in [-0.2, 0) is 20.9 Å². The lowest BCUT2D eigenvalue weighted by Gasteiger charge is -2.14. The lowest BCUT2D eigenvalue weighted by molar-refractivity contribution is -0.157. The van der Waals surface area contributed by atoms with Crippen molar-refractivity contribution in [3.8, 4) is 5.75 Å². The average Bonchev–Trinajstić information content (AvgIpc) is 2.40. The minimum absolute atomic E-state index is 0.303. The molecule has 0 saturated carbocycles. The second-order valence-electron chi connectivity index (χ2n) is 3.81. The zero-order valence-electron chi connectivity index (χ0n) is 11.1. The predicted octanol–water partition coefficient (Wildman–Crippen LogP) is 2.55. The molecule has 0 aliphatic carbocycles. The molecule has 1 aromatic carbocycles. The third kappa shape index (κ3) is 4.37. The van der Waals surface area contributed by atoms with Crippen LogP contribution in [0.4, 0.5) is 0 Å². The van der Waals surface area contributed by atoms with Gasteiger partial charge in [-0.2, -0.15) is 0 Å². The standard InChI is InChI=1S/C14H20O4/c1-4-13(14(15)17-5-2)18-10-11-7-6-8-12(9-11)16-3/h6-9,13H,4-5,10H2,1-3H3. The Kier molecular flexibility index (Phi) is 6.22. The smallest absolute Gasteiger partial charge is 0.335 e. The van der Waals surface area contributed by atoms with Crippen LogP contribution in [0.2, 0.25) is 0 Å². The molecule has 0 aliphatic rings. The molecule has 0 aromatic heterocycles. The zero-order chi connectivity index (χ0) is 13.4. The molecule has 0 aliphatic heterocycles. The lowest BCUT2D eigenvalue weighted by Crippen LogP contribution is -2.25.